The second-order valence-electron chi connectivity index (χ2n) is 6.03. The van der Waals surface area contributed by atoms with Gasteiger partial charge in [-0.15, -0.1) is 11.3 Å². The summed E-state index contributed by atoms with van der Waals surface area (Å²) < 4.78 is 5.57. The molecule has 0 amide bonds. The molecule has 1 aliphatic carbocycles. The number of ether oxygens (including phenoxy) is 1. The van der Waals surface area contributed by atoms with Gasteiger partial charge < -0.3 is 15.2 Å². The number of aryl methyl sites for hydroxylation is 1. The number of nitrogens with one attached hydrogen (secondary N) is 1. The fourth-order valence-corrected chi connectivity index (χ4v) is 3.22. The Morgan fingerprint density at radius 1 is 1.52 bits per heavy atom. The monoisotopic (exact) mass is 312 g/mol. The molecule has 1 heterocycles. The van der Waals surface area contributed by atoms with Gasteiger partial charge in [0.15, 0.2) is 0 Å². The summed E-state index contributed by atoms with van der Waals surface area (Å²) in [5.74, 6) is 0.929. The van der Waals surface area contributed by atoms with Gasteiger partial charge in [0.05, 0.1) is 30.5 Å². The first kappa shape index (κ1) is 16.9. The molecule has 0 bridgehead atoms. The lowest BCUT2D eigenvalue weighted by molar-refractivity contribution is 0.0368. The van der Waals surface area contributed by atoms with Crippen molar-refractivity contribution in [1.82, 2.24) is 10.3 Å². The molecule has 0 aliphatic heterocycles. The molecule has 4 nitrogen and oxygen atoms in total. The number of aliphatic hydroxyl groups is 1. The van der Waals surface area contributed by atoms with Crippen LogP contribution in [0.15, 0.2) is 5.51 Å². The Balaban J connectivity index is 1.52. The summed E-state index contributed by atoms with van der Waals surface area (Å²) in [6.07, 6.45) is 5.64. The lowest BCUT2D eigenvalue weighted by Gasteiger charge is -2.19. The molecule has 0 radical (unpaired) electrons. The Morgan fingerprint density at radius 2 is 2.33 bits per heavy atom. The first-order valence-corrected chi connectivity index (χ1v) is 8.95. The van der Waals surface area contributed by atoms with Crippen LogP contribution in [-0.4, -0.2) is 42.0 Å². The van der Waals surface area contributed by atoms with Gasteiger partial charge in [-0.25, -0.2) is 4.98 Å². The van der Waals surface area contributed by atoms with Gasteiger partial charge in [0, 0.05) is 23.9 Å². The zero-order valence-electron chi connectivity index (χ0n) is 13.2. The molecule has 0 saturated heterocycles. The molecule has 0 spiro atoms. The van der Waals surface area contributed by atoms with Crippen molar-refractivity contribution in [3.8, 4) is 0 Å². The molecule has 21 heavy (non-hydrogen) atoms. The molecular formula is C16H28N2O2S. The number of aromatic nitrogens is 1. The molecule has 0 aromatic carbocycles. The van der Waals surface area contributed by atoms with Crippen molar-refractivity contribution in [3.63, 3.8) is 0 Å². The minimum absolute atomic E-state index is 0.407. The van der Waals surface area contributed by atoms with Crippen LogP contribution in [0.4, 0.5) is 0 Å². The largest absolute Gasteiger partial charge is 0.389 e. The van der Waals surface area contributed by atoms with Crippen LogP contribution in [0.1, 0.15) is 43.2 Å². The maximum absolute atomic E-state index is 9.96. The van der Waals surface area contributed by atoms with Gasteiger partial charge in [-0.2, -0.15) is 0 Å². The van der Waals surface area contributed by atoms with E-state index < -0.39 is 6.10 Å². The highest BCUT2D eigenvalue weighted by molar-refractivity contribution is 7.09. The molecule has 1 aromatic rings. The van der Waals surface area contributed by atoms with E-state index in [9.17, 15) is 5.11 Å². The number of hydrogen-bond acceptors (Lipinski definition) is 5. The predicted octanol–water partition coefficient (Wildman–Crippen LogP) is 2.54. The van der Waals surface area contributed by atoms with E-state index in [0.717, 1.165) is 24.5 Å². The van der Waals surface area contributed by atoms with Gasteiger partial charge in [0.1, 0.15) is 0 Å². The van der Waals surface area contributed by atoms with Crippen molar-refractivity contribution in [1.29, 1.82) is 0 Å². The van der Waals surface area contributed by atoms with Crippen LogP contribution in [0.25, 0.3) is 0 Å². The van der Waals surface area contributed by atoms with Crippen LogP contribution in [-0.2, 0) is 11.2 Å². The van der Waals surface area contributed by atoms with Gasteiger partial charge >= 0.3 is 0 Å². The minimum Gasteiger partial charge on any atom is -0.389 e. The standard InChI is InChI=1S/C16H28N2O2S/c1-3-14(8-13-4-5-13)17-9-15(19)10-20-7-6-16-12(2)18-11-21-16/h11,13-15,17,19H,3-10H2,1-2H3. The SMILES string of the molecule is CCC(CC1CC1)NCC(O)COCCc1scnc1C. The number of rotatable bonds is 11. The van der Waals surface area contributed by atoms with E-state index in [4.69, 9.17) is 4.74 Å². The highest BCUT2D eigenvalue weighted by Crippen LogP contribution is 2.33. The first-order valence-electron chi connectivity index (χ1n) is 8.07. The molecule has 2 N–H and O–H groups in total. The van der Waals surface area contributed by atoms with E-state index in [-0.39, 0.29) is 0 Å². The summed E-state index contributed by atoms with van der Waals surface area (Å²) in [6.45, 7) is 5.92. The third-order valence-electron chi connectivity index (χ3n) is 4.08. The smallest absolute Gasteiger partial charge is 0.0897 e. The third-order valence-corrected chi connectivity index (χ3v) is 5.07. The zero-order valence-corrected chi connectivity index (χ0v) is 14.0. The summed E-state index contributed by atoms with van der Waals surface area (Å²) in [5, 5.41) is 13.4. The second-order valence-corrected chi connectivity index (χ2v) is 6.97. The van der Waals surface area contributed by atoms with Gasteiger partial charge in [-0.3, -0.25) is 0 Å². The fraction of sp³-hybridized carbons (Fsp3) is 0.812. The third kappa shape index (κ3) is 6.43. The normalized spacial score (nSPS) is 17.9. The highest BCUT2D eigenvalue weighted by Gasteiger charge is 2.24. The lowest BCUT2D eigenvalue weighted by Crippen LogP contribution is -2.37. The van der Waals surface area contributed by atoms with Gasteiger partial charge in [0.25, 0.3) is 0 Å². The Kier molecular flexibility index (Phi) is 7.10. The summed E-state index contributed by atoms with van der Waals surface area (Å²) in [4.78, 5) is 5.50. The van der Waals surface area contributed by atoms with Crippen molar-refractivity contribution < 1.29 is 9.84 Å². The van der Waals surface area contributed by atoms with E-state index in [0.29, 0.717) is 25.8 Å². The van der Waals surface area contributed by atoms with Crippen LogP contribution in [0, 0.1) is 12.8 Å². The van der Waals surface area contributed by atoms with E-state index in [1.165, 1.54) is 24.1 Å². The van der Waals surface area contributed by atoms with Gasteiger partial charge in [-0.1, -0.05) is 19.8 Å². The van der Waals surface area contributed by atoms with Gasteiger partial charge in [-0.05, 0) is 25.7 Å². The molecule has 1 aliphatic rings. The fourth-order valence-electron chi connectivity index (χ4n) is 2.46. The van der Waals surface area contributed by atoms with E-state index >= 15 is 0 Å². The first-order chi connectivity index (χ1) is 10.2. The van der Waals surface area contributed by atoms with Crippen molar-refractivity contribution in [3.05, 3.63) is 16.1 Å². The predicted molar refractivity (Wildman–Crippen MR) is 86.8 cm³/mol. The quantitative estimate of drug-likeness (QED) is 0.617. The van der Waals surface area contributed by atoms with Crippen LogP contribution >= 0.6 is 11.3 Å². The van der Waals surface area contributed by atoms with Crippen LogP contribution < -0.4 is 5.32 Å². The number of aliphatic hydroxyl groups excluding tert-OH is 1. The summed E-state index contributed by atoms with van der Waals surface area (Å²) in [6, 6.07) is 0.548. The van der Waals surface area contributed by atoms with Crippen LogP contribution in [0.5, 0.6) is 0 Å². The minimum atomic E-state index is -0.416. The van der Waals surface area contributed by atoms with Gasteiger partial charge in [0.2, 0.25) is 0 Å². The van der Waals surface area contributed by atoms with Crippen molar-refractivity contribution in [2.45, 2.75) is 58.1 Å². The van der Waals surface area contributed by atoms with Crippen molar-refractivity contribution in [2.24, 2.45) is 5.92 Å². The van der Waals surface area contributed by atoms with E-state index in [1.54, 1.807) is 11.3 Å². The number of nitrogens with zero attached hydrogens (tertiary/aromatic N) is 1. The number of thiazole rings is 1. The van der Waals surface area contributed by atoms with Crippen LogP contribution in [0.2, 0.25) is 0 Å². The molecule has 120 valence electrons. The maximum Gasteiger partial charge on any atom is 0.0897 e. The average molecular weight is 312 g/mol. The lowest BCUT2D eigenvalue weighted by atomic mass is 10.1. The molecule has 2 rings (SSSR count). The Morgan fingerprint density at radius 3 is 2.95 bits per heavy atom. The zero-order chi connectivity index (χ0) is 15.1. The average Bonchev–Trinajstić information content (AvgIpc) is 3.21. The van der Waals surface area contributed by atoms with Crippen LogP contribution in [0.3, 0.4) is 0 Å². The van der Waals surface area contributed by atoms with E-state index in [2.05, 4.69) is 17.2 Å². The Hall–Kier alpha value is -0.490. The summed E-state index contributed by atoms with van der Waals surface area (Å²) in [7, 11) is 0. The Bertz CT molecular complexity index is 407. The van der Waals surface area contributed by atoms with Crippen molar-refractivity contribution in [2.75, 3.05) is 19.8 Å². The van der Waals surface area contributed by atoms with E-state index in [1.807, 2.05) is 12.4 Å². The maximum atomic E-state index is 9.96. The number of hydrogen-bond donors (Lipinski definition) is 2. The molecular weight excluding hydrogens is 284 g/mol. The molecule has 5 heteroatoms. The molecule has 1 fully saturated rings. The van der Waals surface area contributed by atoms with Crippen molar-refractivity contribution >= 4 is 11.3 Å². The Labute approximate surface area is 131 Å². The molecule has 2 atom stereocenters. The second kappa shape index (κ2) is 8.83. The molecule has 1 aromatic heterocycles. The summed E-state index contributed by atoms with van der Waals surface area (Å²) in [5.41, 5.74) is 2.96. The highest BCUT2D eigenvalue weighted by atomic mass is 32.1. The molecule has 2 unspecified atom stereocenters. The topological polar surface area (TPSA) is 54.4 Å². The summed E-state index contributed by atoms with van der Waals surface area (Å²) >= 11 is 1.67. The molecule has 1 saturated carbocycles.